The van der Waals surface area contributed by atoms with Crippen LogP contribution in [0.25, 0.3) is 0 Å². The lowest BCUT2D eigenvalue weighted by atomic mass is 9.99. The fourth-order valence-corrected chi connectivity index (χ4v) is 5.58. The molecule has 39 heavy (non-hydrogen) atoms. The molecule has 2 aromatic carbocycles. The minimum Gasteiger partial charge on any atom is -0.344 e. The molecule has 2 aliphatic rings. The Bertz CT molecular complexity index is 1290. The SMILES string of the molecule is Cc1nc2n(n1)CCN(C(=O)c1ccccc1)CCCC(=O)N1CCCC[C@H]1C(=O)N[C@@H]2Cc1ccccc1. The molecule has 9 heteroatoms. The minimum atomic E-state index is -0.507. The van der Waals surface area contributed by atoms with Gasteiger partial charge in [-0.1, -0.05) is 48.5 Å². The standard InChI is InChI=1S/C30H36N6O3/c1-22-31-28-25(21-23-11-4-2-5-12-23)32-29(38)26-15-8-9-18-35(26)27(37)16-10-17-34(19-20-36(28)33-22)30(39)24-13-6-3-7-14-24/h2-7,11-14,25-26H,8-10,15-21H2,1H3,(H,32,38)/t25-,26+/m1/s1. The van der Waals surface area contributed by atoms with Gasteiger partial charge >= 0.3 is 0 Å². The van der Waals surface area contributed by atoms with Gasteiger partial charge in [-0.2, -0.15) is 5.10 Å². The number of nitrogens with one attached hydrogen (secondary N) is 1. The second kappa shape index (κ2) is 12.2. The van der Waals surface area contributed by atoms with Gasteiger partial charge in [0.05, 0.1) is 12.6 Å². The number of hydrogen-bond acceptors (Lipinski definition) is 5. The number of amides is 3. The predicted octanol–water partition coefficient (Wildman–Crippen LogP) is 3.30. The molecule has 2 atom stereocenters. The first-order chi connectivity index (χ1) is 19.0. The van der Waals surface area contributed by atoms with Gasteiger partial charge in [0.2, 0.25) is 11.8 Å². The van der Waals surface area contributed by atoms with E-state index < -0.39 is 12.1 Å². The molecule has 9 nitrogen and oxygen atoms in total. The van der Waals surface area contributed by atoms with Crippen molar-refractivity contribution >= 4 is 17.7 Å². The van der Waals surface area contributed by atoms with Crippen molar-refractivity contribution < 1.29 is 14.4 Å². The van der Waals surface area contributed by atoms with Crippen molar-refractivity contribution in [3.63, 3.8) is 0 Å². The summed E-state index contributed by atoms with van der Waals surface area (Å²) in [5.74, 6) is 1.02. The number of carbonyl (C=O) groups is 3. The number of nitrogens with zero attached hydrogens (tertiary/aromatic N) is 5. The summed E-state index contributed by atoms with van der Waals surface area (Å²) >= 11 is 0. The van der Waals surface area contributed by atoms with Gasteiger partial charge in [0.25, 0.3) is 5.91 Å². The third kappa shape index (κ3) is 6.35. The van der Waals surface area contributed by atoms with Crippen LogP contribution in [-0.4, -0.2) is 68.0 Å². The van der Waals surface area contributed by atoms with E-state index in [0.717, 1.165) is 18.4 Å². The highest BCUT2D eigenvalue weighted by atomic mass is 16.2. The minimum absolute atomic E-state index is 0.0300. The normalized spacial score (nSPS) is 20.9. The van der Waals surface area contributed by atoms with E-state index in [1.54, 1.807) is 9.80 Å². The predicted molar refractivity (Wildman–Crippen MR) is 147 cm³/mol. The van der Waals surface area contributed by atoms with Crippen LogP contribution in [-0.2, 0) is 22.6 Å². The number of aromatic nitrogens is 3. The third-order valence-electron chi connectivity index (χ3n) is 7.55. The van der Waals surface area contributed by atoms with Crippen LogP contribution in [0.4, 0.5) is 0 Å². The lowest BCUT2D eigenvalue weighted by Crippen LogP contribution is -2.53. The molecule has 5 rings (SSSR count). The summed E-state index contributed by atoms with van der Waals surface area (Å²) < 4.78 is 1.82. The number of rotatable bonds is 3. The Labute approximate surface area is 229 Å². The van der Waals surface area contributed by atoms with Crippen molar-refractivity contribution in [3.05, 3.63) is 83.4 Å². The Morgan fingerprint density at radius 1 is 0.923 bits per heavy atom. The number of benzene rings is 2. The summed E-state index contributed by atoms with van der Waals surface area (Å²) in [4.78, 5) is 48.7. The van der Waals surface area contributed by atoms with Crippen molar-refractivity contribution in [2.45, 2.75) is 64.1 Å². The molecule has 0 bridgehead atoms. The highest BCUT2D eigenvalue weighted by molar-refractivity contribution is 5.94. The zero-order chi connectivity index (χ0) is 27.2. The van der Waals surface area contributed by atoms with Gasteiger partial charge in [0.15, 0.2) is 0 Å². The van der Waals surface area contributed by atoms with Crippen molar-refractivity contribution in [2.24, 2.45) is 0 Å². The van der Waals surface area contributed by atoms with Gasteiger partial charge in [-0.15, -0.1) is 0 Å². The van der Waals surface area contributed by atoms with Crippen molar-refractivity contribution in [2.75, 3.05) is 19.6 Å². The van der Waals surface area contributed by atoms with E-state index in [1.807, 2.05) is 72.3 Å². The van der Waals surface area contributed by atoms with E-state index >= 15 is 0 Å². The second-order valence-electron chi connectivity index (χ2n) is 10.4. The Morgan fingerprint density at radius 2 is 1.67 bits per heavy atom. The summed E-state index contributed by atoms with van der Waals surface area (Å²) in [6, 6.07) is 18.3. The summed E-state index contributed by atoms with van der Waals surface area (Å²) in [7, 11) is 0. The van der Waals surface area contributed by atoms with Crippen LogP contribution in [0.5, 0.6) is 0 Å². The van der Waals surface area contributed by atoms with Gasteiger partial charge in [0.1, 0.15) is 17.7 Å². The molecule has 1 N–H and O–H groups in total. The molecule has 3 heterocycles. The first kappa shape index (κ1) is 26.6. The molecule has 1 saturated heterocycles. The molecule has 3 amide bonds. The van der Waals surface area contributed by atoms with Crippen LogP contribution >= 0.6 is 0 Å². The van der Waals surface area contributed by atoms with E-state index in [4.69, 9.17) is 4.98 Å². The Hall–Kier alpha value is -4.01. The lowest BCUT2D eigenvalue weighted by Gasteiger charge is -2.36. The average Bonchev–Trinajstić information content (AvgIpc) is 3.34. The molecule has 1 aromatic heterocycles. The molecule has 0 radical (unpaired) electrons. The molecule has 0 spiro atoms. The first-order valence-electron chi connectivity index (χ1n) is 13.9. The molecule has 2 aliphatic heterocycles. The number of aryl methyl sites for hydroxylation is 1. The van der Waals surface area contributed by atoms with Crippen LogP contribution in [0.1, 0.15) is 65.7 Å². The fourth-order valence-electron chi connectivity index (χ4n) is 5.58. The first-order valence-corrected chi connectivity index (χ1v) is 13.9. The number of hydrogen-bond donors (Lipinski definition) is 1. The van der Waals surface area contributed by atoms with Crippen LogP contribution < -0.4 is 5.32 Å². The van der Waals surface area contributed by atoms with E-state index in [0.29, 0.717) is 69.1 Å². The maximum Gasteiger partial charge on any atom is 0.253 e. The monoisotopic (exact) mass is 528 g/mol. The number of fused-ring (bicyclic) bond motifs is 2. The highest BCUT2D eigenvalue weighted by Crippen LogP contribution is 2.23. The maximum absolute atomic E-state index is 13.7. The molecule has 3 aromatic rings. The van der Waals surface area contributed by atoms with Crippen LogP contribution in [0, 0.1) is 6.92 Å². The van der Waals surface area contributed by atoms with Gasteiger partial charge in [0, 0.05) is 31.6 Å². The molecule has 204 valence electrons. The summed E-state index contributed by atoms with van der Waals surface area (Å²) in [6.07, 6.45) is 3.79. The Morgan fingerprint density at radius 3 is 2.44 bits per heavy atom. The van der Waals surface area contributed by atoms with Crippen LogP contribution in [0.3, 0.4) is 0 Å². The maximum atomic E-state index is 13.7. The summed E-state index contributed by atoms with van der Waals surface area (Å²) in [5, 5.41) is 7.88. The summed E-state index contributed by atoms with van der Waals surface area (Å²) in [6.45, 7) is 3.70. The zero-order valence-corrected chi connectivity index (χ0v) is 22.5. The van der Waals surface area contributed by atoms with Gasteiger partial charge < -0.3 is 15.1 Å². The topological polar surface area (TPSA) is 100 Å². The molecule has 0 saturated carbocycles. The van der Waals surface area contributed by atoms with E-state index in [1.165, 1.54) is 0 Å². The highest BCUT2D eigenvalue weighted by Gasteiger charge is 2.34. The zero-order valence-electron chi connectivity index (χ0n) is 22.5. The van der Waals surface area contributed by atoms with Crippen molar-refractivity contribution in [1.29, 1.82) is 0 Å². The van der Waals surface area contributed by atoms with Gasteiger partial charge in [-0.25, -0.2) is 9.67 Å². The summed E-state index contributed by atoms with van der Waals surface area (Å²) in [5.41, 5.74) is 1.68. The van der Waals surface area contributed by atoms with E-state index in [9.17, 15) is 14.4 Å². The molecular formula is C30H36N6O3. The van der Waals surface area contributed by atoms with Crippen LogP contribution in [0.2, 0.25) is 0 Å². The average molecular weight is 529 g/mol. The second-order valence-corrected chi connectivity index (χ2v) is 10.4. The number of carbonyl (C=O) groups excluding carboxylic acids is 3. The molecule has 0 aliphatic carbocycles. The molecule has 1 fully saturated rings. The van der Waals surface area contributed by atoms with E-state index in [2.05, 4.69) is 10.4 Å². The van der Waals surface area contributed by atoms with Crippen molar-refractivity contribution in [1.82, 2.24) is 29.9 Å². The quantitative estimate of drug-likeness (QED) is 0.562. The molecular weight excluding hydrogens is 492 g/mol. The Kier molecular flexibility index (Phi) is 8.34. The third-order valence-corrected chi connectivity index (χ3v) is 7.55. The Balaban J connectivity index is 1.49. The fraction of sp³-hybridized carbons (Fsp3) is 0.433. The van der Waals surface area contributed by atoms with Gasteiger partial charge in [-0.05, 0) is 56.7 Å². The lowest BCUT2D eigenvalue weighted by molar-refractivity contribution is -0.142. The largest absolute Gasteiger partial charge is 0.344 e. The number of piperidine rings is 1. The van der Waals surface area contributed by atoms with Gasteiger partial charge in [-0.3, -0.25) is 14.4 Å². The molecule has 0 unspecified atom stereocenters. The smallest absolute Gasteiger partial charge is 0.253 e. The van der Waals surface area contributed by atoms with E-state index in [-0.39, 0.29) is 17.7 Å². The van der Waals surface area contributed by atoms with Crippen molar-refractivity contribution in [3.8, 4) is 0 Å². The van der Waals surface area contributed by atoms with Crippen LogP contribution in [0.15, 0.2) is 60.7 Å².